The minimum Gasteiger partial charge on any atom is -0.503 e. The molecule has 6 heteroatoms. The van der Waals surface area contributed by atoms with Crippen LogP contribution in [0.3, 0.4) is 0 Å². The Balaban J connectivity index is 1.73. The second-order valence-electron chi connectivity index (χ2n) is 7.55. The Bertz CT molecular complexity index is 1150. The number of hydrogen-bond acceptors (Lipinski definition) is 4. The van der Waals surface area contributed by atoms with Gasteiger partial charge >= 0.3 is 5.97 Å². The van der Waals surface area contributed by atoms with Crippen molar-refractivity contribution in [1.82, 2.24) is 4.90 Å². The summed E-state index contributed by atoms with van der Waals surface area (Å²) in [5.41, 5.74) is 3.16. The van der Waals surface area contributed by atoms with E-state index in [1.165, 1.54) is 12.1 Å². The number of ether oxygens (including phenoxy) is 1. The number of carbonyl (C=O) groups is 2. The van der Waals surface area contributed by atoms with Crippen LogP contribution in [0.2, 0.25) is 0 Å². The van der Waals surface area contributed by atoms with Gasteiger partial charge in [0.2, 0.25) is 0 Å². The lowest BCUT2D eigenvalue weighted by atomic mass is 9.92. The van der Waals surface area contributed by atoms with Gasteiger partial charge in [0.05, 0.1) is 18.7 Å². The van der Waals surface area contributed by atoms with Crippen molar-refractivity contribution >= 4 is 17.4 Å². The number of carbonyl (C=O) groups excluding carboxylic acids is 1. The summed E-state index contributed by atoms with van der Waals surface area (Å²) in [5.74, 6) is -1.09. The van der Waals surface area contributed by atoms with Crippen LogP contribution in [0.5, 0.6) is 5.75 Å². The lowest BCUT2D eigenvalue weighted by Crippen LogP contribution is -2.32. The van der Waals surface area contributed by atoms with E-state index in [2.05, 4.69) is 0 Å². The van der Waals surface area contributed by atoms with Gasteiger partial charge in [-0.05, 0) is 47.4 Å². The first-order chi connectivity index (χ1) is 15.5. The summed E-state index contributed by atoms with van der Waals surface area (Å²) in [6, 6.07) is 22.8. The highest BCUT2D eigenvalue weighted by molar-refractivity contribution is 6.05. The molecule has 32 heavy (non-hydrogen) atoms. The van der Waals surface area contributed by atoms with Crippen molar-refractivity contribution in [2.75, 3.05) is 13.7 Å². The van der Waals surface area contributed by atoms with E-state index in [-0.39, 0.29) is 11.3 Å². The second kappa shape index (κ2) is 8.98. The molecule has 0 aromatic heterocycles. The first-order valence-electron chi connectivity index (χ1n) is 10.3. The number of hydrogen-bond donors (Lipinski definition) is 2. The molecule has 1 heterocycles. The third-order valence-electron chi connectivity index (χ3n) is 5.66. The molecule has 0 radical (unpaired) electrons. The fourth-order valence-corrected chi connectivity index (χ4v) is 4.00. The number of methoxy groups -OCH3 is 1. The first kappa shape index (κ1) is 21.2. The van der Waals surface area contributed by atoms with E-state index in [4.69, 9.17) is 4.74 Å². The van der Waals surface area contributed by atoms with Crippen LogP contribution in [0.25, 0.3) is 5.57 Å². The zero-order valence-electron chi connectivity index (χ0n) is 17.6. The molecular formula is C26H23NO5. The average Bonchev–Trinajstić information content (AvgIpc) is 3.08. The van der Waals surface area contributed by atoms with Crippen LogP contribution in [0.15, 0.2) is 84.6 Å². The first-order valence-corrected chi connectivity index (χ1v) is 10.3. The molecule has 0 spiro atoms. The summed E-state index contributed by atoms with van der Waals surface area (Å²) in [5, 5.41) is 20.1. The summed E-state index contributed by atoms with van der Waals surface area (Å²) >= 11 is 0. The standard InChI is InChI=1S/C26H23NO5/c1-32-21-13-11-18(12-14-21)22-23(19-7-9-20(10-8-19)26(30)31)27(25(29)24(22)28)16-15-17-5-3-2-4-6-17/h2-14,23,28H,15-16H2,1H3,(H,30,31)/t23-/m1/s1. The monoisotopic (exact) mass is 429 g/mol. The quantitative estimate of drug-likeness (QED) is 0.578. The van der Waals surface area contributed by atoms with Crippen LogP contribution in [0, 0.1) is 0 Å². The maximum atomic E-state index is 13.1. The SMILES string of the molecule is COc1ccc(C2=C(O)C(=O)N(CCc3ccccc3)[C@@H]2c2ccc(C(=O)O)cc2)cc1. The molecule has 0 bridgehead atoms. The van der Waals surface area contributed by atoms with Gasteiger partial charge in [-0.1, -0.05) is 54.6 Å². The minimum absolute atomic E-state index is 0.160. The van der Waals surface area contributed by atoms with Gasteiger partial charge in [0.15, 0.2) is 5.76 Å². The minimum atomic E-state index is -1.02. The summed E-state index contributed by atoms with van der Waals surface area (Å²) < 4.78 is 5.22. The van der Waals surface area contributed by atoms with Gasteiger partial charge in [-0.25, -0.2) is 4.79 Å². The maximum absolute atomic E-state index is 13.1. The number of nitrogens with zero attached hydrogens (tertiary/aromatic N) is 1. The fraction of sp³-hybridized carbons (Fsp3) is 0.154. The van der Waals surface area contributed by atoms with Crippen LogP contribution in [-0.4, -0.2) is 40.6 Å². The highest BCUT2D eigenvalue weighted by atomic mass is 16.5. The van der Waals surface area contributed by atoms with Crippen molar-refractivity contribution < 1.29 is 24.5 Å². The lowest BCUT2D eigenvalue weighted by Gasteiger charge is -2.27. The van der Waals surface area contributed by atoms with Gasteiger partial charge in [0, 0.05) is 12.1 Å². The molecule has 1 aliphatic heterocycles. The number of carboxylic acid groups (broad SMARTS) is 1. The number of amides is 1. The highest BCUT2D eigenvalue weighted by Gasteiger charge is 2.40. The van der Waals surface area contributed by atoms with E-state index in [0.29, 0.717) is 29.9 Å². The highest BCUT2D eigenvalue weighted by Crippen LogP contribution is 2.43. The van der Waals surface area contributed by atoms with E-state index < -0.39 is 17.9 Å². The van der Waals surface area contributed by atoms with Crippen molar-refractivity contribution in [2.45, 2.75) is 12.5 Å². The molecule has 162 valence electrons. The Labute approximate surface area is 186 Å². The predicted octanol–water partition coefficient (Wildman–Crippen LogP) is 4.49. The molecule has 0 aliphatic carbocycles. The third kappa shape index (κ3) is 4.07. The molecule has 0 unspecified atom stereocenters. The molecule has 2 N–H and O–H groups in total. The van der Waals surface area contributed by atoms with Gasteiger partial charge in [-0.3, -0.25) is 4.79 Å². The van der Waals surface area contributed by atoms with Crippen molar-refractivity contribution in [3.63, 3.8) is 0 Å². The summed E-state index contributed by atoms with van der Waals surface area (Å²) in [6.45, 7) is 0.401. The van der Waals surface area contributed by atoms with Crippen LogP contribution >= 0.6 is 0 Å². The van der Waals surface area contributed by atoms with Gasteiger partial charge < -0.3 is 19.8 Å². The molecule has 0 fully saturated rings. The van der Waals surface area contributed by atoms with Crippen molar-refractivity contribution in [2.24, 2.45) is 0 Å². The molecular weight excluding hydrogens is 406 g/mol. The summed E-state index contributed by atoms with van der Waals surface area (Å²) in [6.07, 6.45) is 0.624. The zero-order valence-corrected chi connectivity index (χ0v) is 17.6. The summed E-state index contributed by atoms with van der Waals surface area (Å²) in [4.78, 5) is 26.0. The maximum Gasteiger partial charge on any atom is 0.335 e. The molecule has 3 aromatic carbocycles. The van der Waals surface area contributed by atoms with Crippen molar-refractivity contribution in [3.05, 3.63) is 107 Å². The van der Waals surface area contributed by atoms with Crippen molar-refractivity contribution in [3.8, 4) is 5.75 Å². The Morgan fingerprint density at radius 3 is 2.22 bits per heavy atom. The third-order valence-corrected chi connectivity index (χ3v) is 5.66. The Hall–Kier alpha value is -4.06. The lowest BCUT2D eigenvalue weighted by molar-refractivity contribution is -0.129. The number of rotatable bonds is 7. The Morgan fingerprint density at radius 1 is 0.969 bits per heavy atom. The molecule has 1 aliphatic rings. The fourth-order valence-electron chi connectivity index (χ4n) is 4.00. The largest absolute Gasteiger partial charge is 0.503 e. The molecule has 3 aromatic rings. The van der Waals surface area contributed by atoms with Gasteiger partial charge in [-0.2, -0.15) is 0 Å². The Morgan fingerprint density at radius 2 is 1.62 bits per heavy atom. The molecule has 1 atom stereocenters. The predicted molar refractivity (Wildman–Crippen MR) is 121 cm³/mol. The number of aliphatic hydroxyl groups is 1. The van der Waals surface area contributed by atoms with Crippen LogP contribution in [-0.2, 0) is 11.2 Å². The molecule has 1 amide bonds. The van der Waals surface area contributed by atoms with E-state index in [1.807, 2.05) is 30.3 Å². The Kier molecular flexibility index (Phi) is 5.94. The zero-order chi connectivity index (χ0) is 22.7. The number of aromatic carboxylic acids is 1. The van der Waals surface area contributed by atoms with Gasteiger partial charge in [-0.15, -0.1) is 0 Å². The van der Waals surface area contributed by atoms with E-state index >= 15 is 0 Å². The summed E-state index contributed by atoms with van der Waals surface area (Å²) in [7, 11) is 1.57. The molecule has 4 rings (SSSR count). The number of benzene rings is 3. The van der Waals surface area contributed by atoms with Crippen LogP contribution in [0.1, 0.15) is 33.1 Å². The van der Waals surface area contributed by atoms with Crippen LogP contribution < -0.4 is 4.74 Å². The van der Waals surface area contributed by atoms with Crippen LogP contribution in [0.4, 0.5) is 0 Å². The normalized spacial score (nSPS) is 15.8. The molecule has 6 nitrogen and oxygen atoms in total. The smallest absolute Gasteiger partial charge is 0.335 e. The van der Waals surface area contributed by atoms with E-state index in [0.717, 1.165) is 11.1 Å². The van der Waals surface area contributed by atoms with Gasteiger partial charge in [0.25, 0.3) is 5.91 Å². The van der Waals surface area contributed by atoms with Crippen molar-refractivity contribution in [1.29, 1.82) is 0 Å². The number of aliphatic hydroxyl groups excluding tert-OH is 1. The van der Waals surface area contributed by atoms with Gasteiger partial charge in [0.1, 0.15) is 5.75 Å². The number of carboxylic acids is 1. The van der Waals surface area contributed by atoms with E-state index in [9.17, 15) is 19.8 Å². The molecule has 0 saturated heterocycles. The molecule has 0 saturated carbocycles. The average molecular weight is 429 g/mol. The second-order valence-corrected chi connectivity index (χ2v) is 7.55. The topological polar surface area (TPSA) is 87.1 Å². The van der Waals surface area contributed by atoms with E-state index in [1.54, 1.807) is 48.4 Å².